The maximum Gasteiger partial charge on any atom is 0.255 e. The Kier molecular flexibility index (Phi) is 2.57. The molecule has 1 fully saturated rings. The summed E-state index contributed by atoms with van der Waals surface area (Å²) in [6.07, 6.45) is 6.24. The predicted octanol–water partition coefficient (Wildman–Crippen LogP) is 2.26. The molecule has 2 rings (SSSR count). The summed E-state index contributed by atoms with van der Waals surface area (Å²) in [6.45, 7) is 1.81. The minimum atomic E-state index is 0.00292. The Labute approximate surface area is 83.5 Å². The molecule has 3 nitrogen and oxygen atoms in total. The molecular weight excluding hydrogens is 178 g/mol. The molecule has 0 saturated heterocycles. The van der Waals surface area contributed by atoms with Crippen LogP contribution in [-0.2, 0) is 0 Å². The van der Waals surface area contributed by atoms with Gasteiger partial charge in [-0.15, -0.1) is 0 Å². The molecule has 76 valence electrons. The highest BCUT2D eigenvalue weighted by Crippen LogP contribution is 2.18. The van der Waals surface area contributed by atoms with Gasteiger partial charge in [-0.2, -0.15) is 0 Å². The van der Waals surface area contributed by atoms with Gasteiger partial charge in [-0.1, -0.05) is 12.8 Å². The summed E-state index contributed by atoms with van der Waals surface area (Å²) in [5.74, 6) is 0.698. The van der Waals surface area contributed by atoms with E-state index in [0.29, 0.717) is 17.4 Å². The molecule has 1 saturated carbocycles. The molecule has 1 aromatic heterocycles. The molecule has 3 heteroatoms. The Hall–Kier alpha value is -1.25. The molecule has 1 aromatic rings. The molecule has 1 amide bonds. The Balaban J connectivity index is 1.98. The normalized spacial score (nSPS) is 17.2. The van der Waals surface area contributed by atoms with Gasteiger partial charge in [0.1, 0.15) is 5.76 Å². The topological polar surface area (TPSA) is 42.2 Å². The van der Waals surface area contributed by atoms with Crippen LogP contribution < -0.4 is 5.32 Å². The van der Waals surface area contributed by atoms with Gasteiger partial charge in [-0.3, -0.25) is 4.79 Å². The smallest absolute Gasteiger partial charge is 0.255 e. The molecule has 0 aliphatic heterocycles. The first-order valence-corrected chi connectivity index (χ1v) is 5.12. The van der Waals surface area contributed by atoms with Crippen LogP contribution in [-0.4, -0.2) is 11.9 Å². The first kappa shape index (κ1) is 9.31. The van der Waals surface area contributed by atoms with Crippen LogP contribution in [0.4, 0.5) is 0 Å². The van der Waals surface area contributed by atoms with Crippen LogP contribution in [0.25, 0.3) is 0 Å². The average Bonchev–Trinajstić information content (AvgIpc) is 2.75. The van der Waals surface area contributed by atoms with E-state index < -0.39 is 0 Å². The molecule has 14 heavy (non-hydrogen) atoms. The fourth-order valence-electron chi connectivity index (χ4n) is 1.95. The molecule has 0 radical (unpaired) electrons. The van der Waals surface area contributed by atoms with Crippen molar-refractivity contribution in [2.75, 3.05) is 0 Å². The van der Waals surface area contributed by atoms with Gasteiger partial charge < -0.3 is 9.73 Å². The van der Waals surface area contributed by atoms with Crippen molar-refractivity contribution in [3.63, 3.8) is 0 Å². The summed E-state index contributed by atoms with van der Waals surface area (Å²) in [4.78, 5) is 11.7. The van der Waals surface area contributed by atoms with Gasteiger partial charge in [0, 0.05) is 6.04 Å². The lowest BCUT2D eigenvalue weighted by Crippen LogP contribution is -2.32. The highest BCUT2D eigenvalue weighted by Gasteiger charge is 2.19. The van der Waals surface area contributed by atoms with E-state index >= 15 is 0 Å². The van der Waals surface area contributed by atoms with Crippen LogP contribution in [0, 0.1) is 6.92 Å². The number of hydrogen-bond donors (Lipinski definition) is 1. The van der Waals surface area contributed by atoms with Crippen molar-refractivity contribution in [2.24, 2.45) is 0 Å². The van der Waals surface area contributed by atoms with Crippen molar-refractivity contribution in [3.8, 4) is 0 Å². The van der Waals surface area contributed by atoms with E-state index in [0.717, 1.165) is 12.8 Å². The standard InChI is InChI=1S/C11H15NO2/c1-8-10(6-7-14-8)11(13)12-9-4-2-3-5-9/h6-7,9H,2-5H2,1H3,(H,12,13). The summed E-state index contributed by atoms with van der Waals surface area (Å²) < 4.78 is 5.09. The zero-order valence-electron chi connectivity index (χ0n) is 8.38. The number of carbonyl (C=O) groups excluding carboxylic acids is 1. The number of hydrogen-bond acceptors (Lipinski definition) is 2. The van der Waals surface area contributed by atoms with Gasteiger partial charge in [-0.25, -0.2) is 0 Å². The van der Waals surface area contributed by atoms with E-state index in [1.54, 1.807) is 12.3 Å². The fraction of sp³-hybridized carbons (Fsp3) is 0.545. The molecular formula is C11H15NO2. The van der Waals surface area contributed by atoms with Crippen molar-refractivity contribution in [2.45, 2.75) is 38.6 Å². The van der Waals surface area contributed by atoms with Gasteiger partial charge in [-0.05, 0) is 25.8 Å². The summed E-state index contributed by atoms with van der Waals surface area (Å²) in [7, 11) is 0. The predicted molar refractivity (Wildman–Crippen MR) is 53.2 cm³/mol. The quantitative estimate of drug-likeness (QED) is 0.782. The minimum Gasteiger partial charge on any atom is -0.469 e. The molecule has 0 spiro atoms. The summed E-state index contributed by atoms with van der Waals surface area (Å²) in [5.41, 5.74) is 0.664. The van der Waals surface area contributed by atoms with E-state index in [2.05, 4.69) is 5.32 Å². The summed E-state index contributed by atoms with van der Waals surface area (Å²) in [6, 6.07) is 2.09. The van der Waals surface area contributed by atoms with Crippen molar-refractivity contribution in [1.29, 1.82) is 0 Å². The van der Waals surface area contributed by atoms with Crippen LogP contribution in [0.2, 0.25) is 0 Å². The highest BCUT2D eigenvalue weighted by molar-refractivity contribution is 5.95. The third kappa shape index (κ3) is 1.81. The number of nitrogens with one attached hydrogen (secondary N) is 1. The zero-order valence-corrected chi connectivity index (χ0v) is 8.38. The second kappa shape index (κ2) is 3.86. The number of amides is 1. The van der Waals surface area contributed by atoms with E-state index in [1.165, 1.54) is 12.8 Å². The first-order valence-electron chi connectivity index (χ1n) is 5.12. The van der Waals surface area contributed by atoms with Crippen LogP contribution in [0.3, 0.4) is 0 Å². The van der Waals surface area contributed by atoms with Crippen LogP contribution in [0.1, 0.15) is 41.8 Å². The maximum absolute atomic E-state index is 11.7. The Morgan fingerprint density at radius 3 is 2.79 bits per heavy atom. The van der Waals surface area contributed by atoms with Crippen molar-refractivity contribution in [3.05, 3.63) is 23.7 Å². The molecule has 1 N–H and O–H groups in total. The molecule has 0 bridgehead atoms. The van der Waals surface area contributed by atoms with Gasteiger partial charge in [0.2, 0.25) is 0 Å². The van der Waals surface area contributed by atoms with Gasteiger partial charge in [0.15, 0.2) is 0 Å². The lowest BCUT2D eigenvalue weighted by molar-refractivity contribution is 0.0936. The zero-order chi connectivity index (χ0) is 9.97. The highest BCUT2D eigenvalue weighted by atomic mass is 16.3. The van der Waals surface area contributed by atoms with Crippen molar-refractivity contribution in [1.82, 2.24) is 5.32 Å². The number of furan rings is 1. The van der Waals surface area contributed by atoms with E-state index in [1.807, 2.05) is 6.92 Å². The first-order chi connectivity index (χ1) is 6.77. The van der Waals surface area contributed by atoms with Crippen molar-refractivity contribution < 1.29 is 9.21 Å². The van der Waals surface area contributed by atoms with Crippen LogP contribution in [0.15, 0.2) is 16.7 Å². The lowest BCUT2D eigenvalue weighted by Gasteiger charge is -2.10. The second-order valence-electron chi connectivity index (χ2n) is 3.85. The third-order valence-corrected chi connectivity index (χ3v) is 2.79. The average molecular weight is 193 g/mol. The second-order valence-corrected chi connectivity index (χ2v) is 3.85. The number of carbonyl (C=O) groups is 1. The Morgan fingerprint density at radius 2 is 2.21 bits per heavy atom. The van der Waals surface area contributed by atoms with Gasteiger partial charge in [0.25, 0.3) is 5.91 Å². The SMILES string of the molecule is Cc1occc1C(=O)NC1CCCC1. The maximum atomic E-state index is 11.7. The Bertz CT molecular complexity index is 324. The van der Waals surface area contributed by atoms with E-state index in [-0.39, 0.29) is 5.91 Å². The number of rotatable bonds is 2. The summed E-state index contributed by atoms with van der Waals surface area (Å²) in [5, 5.41) is 3.02. The van der Waals surface area contributed by atoms with E-state index in [4.69, 9.17) is 4.42 Å². The van der Waals surface area contributed by atoms with Crippen LogP contribution in [0.5, 0.6) is 0 Å². The molecule has 0 aromatic carbocycles. The van der Waals surface area contributed by atoms with Gasteiger partial charge >= 0.3 is 0 Å². The van der Waals surface area contributed by atoms with Gasteiger partial charge in [0.05, 0.1) is 11.8 Å². The molecule has 1 heterocycles. The minimum absolute atomic E-state index is 0.00292. The fourth-order valence-corrected chi connectivity index (χ4v) is 1.95. The summed E-state index contributed by atoms with van der Waals surface area (Å²) >= 11 is 0. The lowest BCUT2D eigenvalue weighted by atomic mass is 10.2. The molecule has 1 aliphatic carbocycles. The molecule has 1 aliphatic rings. The van der Waals surface area contributed by atoms with Crippen LogP contribution >= 0.6 is 0 Å². The molecule has 0 atom stereocenters. The molecule has 0 unspecified atom stereocenters. The van der Waals surface area contributed by atoms with Crippen molar-refractivity contribution >= 4 is 5.91 Å². The third-order valence-electron chi connectivity index (χ3n) is 2.79. The van der Waals surface area contributed by atoms with E-state index in [9.17, 15) is 4.79 Å². The monoisotopic (exact) mass is 193 g/mol. The number of aryl methyl sites for hydroxylation is 1. The Morgan fingerprint density at radius 1 is 1.50 bits per heavy atom. The largest absolute Gasteiger partial charge is 0.469 e.